The monoisotopic (exact) mass is 194 g/mol. The minimum Gasteiger partial charge on any atom is -0.493 e. The molecule has 2 heterocycles. The van der Waals surface area contributed by atoms with Gasteiger partial charge < -0.3 is 4.74 Å². The predicted octanol–water partition coefficient (Wildman–Crippen LogP) is 2.29. The van der Waals surface area contributed by atoms with Crippen LogP contribution in [0.5, 0.6) is 5.75 Å². The fourth-order valence-corrected chi connectivity index (χ4v) is 1.33. The Kier molecular flexibility index (Phi) is 2.02. The van der Waals surface area contributed by atoms with Gasteiger partial charge in [-0.25, -0.2) is 4.98 Å². The highest BCUT2D eigenvalue weighted by Gasteiger charge is 2.04. The van der Waals surface area contributed by atoms with E-state index in [1.807, 2.05) is 12.1 Å². The lowest BCUT2D eigenvalue weighted by atomic mass is 10.3. The van der Waals surface area contributed by atoms with Gasteiger partial charge in [-0.15, -0.1) is 0 Å². The van der Waals surface area contributed by atoms with Gasteiger partial charge >= 0.3 is 0 Å². The highest BCUT2D eigenvalue weighted by molar-refractivity contribution is 6.31. The van der Waals surface area contributed by atoms with Crippen molar-refractivity contribution in [3.63, 3.8) is 0 Å². The van der Waals surface area contributed by atoms with Crippen LogP contribution < -0.4 is 4.74 Å². The molecule has 0 N–H and O–H groups in total. The Morgan fingerprint density at radius 3 is 3.00 bits per heavy atom. The molecule has 0 aromatic carbocycles. The van der Waals surface area contributed by atoms with E-state index in [-0.39, 0.29) is 0 Å². The summed E-state index contributed by atoms with van der Waals surface area (Å²) in [6.45, 7) is 0. The number of fused-ring (bicyclic) bond motifs is 1. The molecule has 0 radical (unpaired) electrons. The van der Waals surface area contributed by atoms with E-state index in [4.69, 9.17) is 16.3 Å². The lowest BCUT2D eigenvalue weighted by Gasteiger charge is -2.02. The molecule has 0 spiro atoms. The minimum absolute atomic E-state index is 0.364. The van der Waals surface area contributed by atoms with Crippen LogP contribution in [0.15, 0.2) is 24.4 Å². The van der Waals surface area contributed by atoms with E-state index in [1.54, 1.807) is 19.4 Å². The molecular formula is C9H7ClN2O. The van der Waals surface area contributed by atoms with Crippen LogP contribution in [-0.4, -0.2) is 17.1 Å². The Labute approximate surface area is 80.3 Å². The summed E-state index contributed by atoms with van der Waals surface area (Å²) in [6, 6.07) is 5.44. The second-order valence-corrected chi connectivity index (χ2v) is 2.88. The van der Waals surface area contributed by atoms with Crippen LogP contribution in [0.2, 0.25) is 5.15 Å². The Morgan fingerprint density at radius 2 is 2.23 bits per heavy atom. The first-order chi connectivity index (χ1) is 6.31. The summed E-state index contributed by atoms with van der Waals surface area (Å²) >= 11 is 5.84. The number of pyridine rings is 2. The molecule has 66 valence electrons. The molecule has 4 heteroatoms. The number of halogens is 1. The molecule has 2 aromatic rings. The normalized spacial score (nSPS) is 10.3. The van der Waals surface area contributed by atoms with E-state index in [2.05, 4.69) is 9.97 Å². The summed E-state index contributed by atoms with van der Waals surface area (Å²) in [7, 11) is 1.55. The third-order valence-corrected chi connectivity index (χ3v) is 2.00. The SMILES string of the molecule is COc1cc2ncccc2nc1Cl. The van der Waals surface area contributed by atoms with Crippen LogP contribution in [0.1, 0.15) is 0 Å². The van der Waals surface area contributed by atoms with Crippen molar-refractivity contribution in [3.05, 3.63) is 29.5 Å². The molecule has 0 aliphatic carbocycles. The summed E-state index contributed by atoms with van der Waals surface area (Å²) in [5.41, 5.74) is 1.55. The fraction of sp³-hybridized carbons (Fsp3) is 0.111. The molecule has 0 aliphatic heterocycles. The fourth-order valence-electron chi connectivity index (χ4n) is 1.10. The topological polar surface area (TPSA) is 35.0 Å². The van der Waals surface area contributed by atoms with Gasteiger partial charge in [0.25, 0.3) is 0 Å². The van der Waals surface area contributed by atoms with Gasteiger partial charge in [-0.2, -0.15) is 0 Å². The van der Waals surface area contributed by atoms with Crippen molar-refractivity contribution in [2.45, 2.75) is 0 Å². The Bertz CT molecular complexity index is 445. The zero-order valence-corrected chi connectivity index (χ0v) is 7.75. The molecule has 2 rings (SSSR count). The molecule has 0 amide bonds. The zero-order valence-electron chi connectivity index (χ0n) is 6.99. The molecule has 0 saturated carbocycles. The van der Waals surface area contributed by atoms with Crippen LogP contribution >= 0.6 is 11.6 Å². The molecular weight excluding hydrogens is 188 g/mol. The number of nitrogens with zero attached hydrogens (tertiary/aromatic N) is 2. The largest absolute Gasteiger partial charge is 0.493 e. The first kappa shape index (κ1) is 8.26. The molecule has 0 bridgehead atoms. The number of ether oxygens (including phenoxy) is 1. The molecule has 0 fully saturated rings. The van der Waals surface area contributed by atoms with E-state index in [9.17, 15) is 0 Å². The quantitative estimate of drug-likeness (QED) is 0.654. The van der Waals surface area contributed by atoms with Crippen LogP contribution in [0.3, 0.4) is 0 Å². The number of hydrogen-bond donors (Lipinski definition) is 0. The first-order valence-electron chi connectivity index (χ1n) is 3.76. The highest BCUT2D eigenvalue weighted by Crippen LogP contribution is 2.24. The average Bonchev–Trinajstić information content (AvgIpc) is 2.17. The summed E-state index contributed by atoms with van der Waals surface area (Å²) in [5.74, 6) is 0.549. The zero-order chi connectivity index (χ0) is 9.26. The van der Waals surface area contributed by atoms with Crippen LogP contribution in [-0.2, 0) is 0 Å². The smallest absolute Gasteiger partial charge is 0.171 e. The summed E-state index contributed by atoms with van der Waals surface area (Å²) in [6.07, 6.45) is 1.71. The van der Waals surface area contributed by atoms with Gasteiger partial charge in [-0.05, 0) is 12.1 Å². The molecule has 0 atom stereocenters. The van der Waals surface area contributed by atoms with Gasteiger partial charge in [0.2, 0.25) is 0 Å². The van der Waals surface area contributed by atoms with Crippen molar-refractivity contribution in [1.29, 1.82) is 0 Å². The van der Waals surface area contributed by atoms with E-state index in [1.165, 1.54) is 0 Å². The average molecular weight is 195 g/mol. The lowest BCUT2D eigenvalue weighted by molar-refractivity contribution is 0.414. The third-order valence-electron chi connectivity index (χ3n) is 1.73. The second kappa shape index (κ2) is 3.18. The summed E-state index contributed by atoms with van der Waals surface area (Å²) in [4.78, 5) is 8.25. The van der Waals surface area contributed by atoms with Gasteiger partial charge in [0.15, 0.2) is 10.9 Å². The number of aromatic nitrogens is 2. The second-order valence-electron chi connectivity index (χ2n) is 2.52. The van der Waals surface area contributed by atoms with Crippen molar-refractivity contribution in [1.82, 2.24) is 9.97 Å². The van der Waals surface area contributed by atoms with E-state index >= 15 is 0 Å². The minimum atomic E-state index is 0.364. The maximum atomic E-state index is 5.84. The van der Waals surface area contributed by atoms with Crippen molar-refractivity contribution in [2.24, 2.45) is 0 Å². The van der Waals surface area contributed by atoms with E-state index in [0.717, 1.165) is 11.0 Å². The molecule has 3 nitrogen and oxygen atoms in total. The van der Waals surface area contributed by atoms with E-state index in [0.29, 0.717) is 10.9 Å². The summed E-state index contributed by atoms with van der Waals surface area (Å²) in [5, 5.41) is 0.364. The Hall–Kier alpha value is -1.35. The third kappa shape index (κ3) is 1.42. The van der Waals surface area contributed by atoms with Crippen molar-refractivity contribution in [2.75, 3.05) is 7.11 Å². The molecule has 0 saturated heterocycles. The number of methoxy groups -OCH3 is 1. The van der Waals surface area contributed by atoms with Crippen molar-refractivity contribution >= 4 is 22.6 Å². The number of hydrogen-bond acceptors (Lipinski definition) is 3. The van der Waals surface area contributed by atoms with Crippen LogP contribution in [0, 0.1) is 0 Å². The summed E-state index contributed by atoms with van der Waals surface area (Å²) < 4.78 is 5.02. The van der Waals surface area contributed by atoms with Crippen molar-refractivity contribution < 1.29 is 4.74 Å². The van der Waals surface area contributed by atoms with E-state index < -0.39 is 0 Å². The van der Waals surface area contributed by atoms with Gasteiger partial charge in [0, 0.05) is 12.3 Å². The predicted molar refractivity (Wildman–Crippen MR) is 51.1 cm³/mol. The first-order valence-corrected chi connectivity index (χ1v) is 4.14. The maximum Gasteiger partial charge on any atom is 0.171 e. The van der Waals surface area contributed by atoms with Crippen LogP contribution in [0.25, 0.3) is 11.0 Å². The lowest BCUT2D eigenvalue weighted by Crippen LogP contribution is -1.89. The molecule has 0 unspecified atom stereocenters. The van der Waals surface area contributed by atoms with Gasteiger partial charge in [0.05, 0.1) is 18.1 Å². The Morgan fingerprint density at radius 1 is 1.38 bits per heavy atom. The Balaban J connectivity index is 2.74. The van der Waals surface area contributed by atoms with Gasteiger partial charge in [0.1, 0.15) is 0 Å². The van der Waals surface area contributed by atoms with Gasteiger partial charge in [-0.1, -0.05) is 11.6 Å². The van der Waals surface area contributed by atoms with Crippen LogP contribution in [0.4, 0.5) is 0 Å². The standard InChI is InChI=1S/C9H7ClN2O/c1-13-8-5-7-6(12-9(8)10)3-2-4-11-7/h2-5H,1H3. The molecule has 2 aromatic heterocycles. The highest BCUT2D eigenvalue weighted by atomic mass is 35.5. The molecule has 0 aliphatic rings. The number of rotatable bonds is 1. The molecule has 13 heavy (non-hydrogen) atoms. The van der Waals surface area contributed by atoms with Crippen molar-refractivity contribution in [3.8, 4) is 5.75 Å². The maximum absolute atomic E-state index is 5.84. The van der Waals surface area contributed by atoms with Gasteiger partial charge in [-0.3, -0.25) is 4.98 Å².